The molecular weight excluding hydrogens is 198 g/mol. The molecule has 5 heteroatoms. The Hall–Kier alpha value is -0.970. The fourth-order valence-electron chi connectivity index (χ4n) is 1.49. The minimum absolute atomic E-state index is 0.223. The fraction of sp³-hybridized carbons (Fsp3) is 0.900. The van der Waals surface area contributed by atoms with E-state index in [0.717, 1.165) is 0 Å². The summed E-state index contributed by atoms with van der Waals surface area (Å²) < 4.78 is 10.2. The zero-order chi connectivity index (χ0) is 11.3. The van der Waals surface area contributed by atoms with E-state index in [0.29, 0.717) is 32.5 Å². The van der Waals surface area contributed by atoms with E-state index in [2.05, 4.69) is 5.18 Å². The van der Waals surface area contributed by atoms with Crippen LogP contribution in [0.3, 0.4) is 0 Å². The predicted octanol–water partition coefficient (Wildman–Crippen LogP) is 1.85. The van der Waals surface area contributed by atoms with Crippen LogP contribution in [0.5, 0.6) is 0 Å². The first kappa shape index (κ1) is 12.1. The number of nitrogens with zero attached hydrogens (tertiary/aromatic N) is 1. The summed E-state index contributed by atoms with van der Waals surface area (Å²) in [7, 11) is 0. The third-order valence-electron chi connectivity index (χ3n) is 2.32. The van der Waals surface area contributed by atoms with Gasteiger partial charge in [0.1, 0.15) is 0 Å². The second kappa shape index (κ2) is 5.21. The maximum atomic E-state index is 11.4. The van der Waals surface area contributed by atoms with Crippen LogP contribution in [0.15, 0.2) is 5.18 Å². The lowest BCUT2D eigenvalue weighted by Crippen LogP contribution is -2.39. The molecule has 1 saturated heterocycles. The van der Waals surface area contributed by atoms with Crippen LogP contribution in [-0.2, 0) is 14.3 Å². The van der Waals surface area contributed by atoms with Gasteiger partial charge in [0.2, 0.25) is 5.72 Å². The second-order valence-electron chi connectivity index (χ2n) is 4.22. The molecule has 1 aliphatic rings. The molecule has 0 radical (unpaired) electrons. The molecule has 0 aromatic rings. The molecule has 1 rings (SSSR count). The highest BCUT2D eigenvalue weighted by molar-refractivity contribution is 5.70. The minimum Gasteiger partial charge on any atom is -0.433 e. The van der Waals surface area contributed by atoms with Crippen molar-refractivity contribution in [2.45, 2.75) is 38.8 Å². The first-order valence-corrected chi connectivity index (χ1v) is 5.22. The van der Waals surface area contributed by atoms with Crippen LogP contribution in [0.4, 0.5) is 0 Å². The van der Waals surface area contributed by atoms with E-state index >= 15 is 0 Å². The van der Waals surface area contributed by atoms with Gasteiger partial charge in [0, 0.05) is 19.3 Å². The summed E-state index contributed by atoms with van der Waals surface area (Å²) in [6.45, 7) is 4.68. The molecule has 0 saturated carbocycles. The molecule has 0 N–H and O–H groups in total. The summed E-state index contributed by atoms with van der Waals surface area (Å²) in [6, 6.07) is 0. The molecule has 0 aliphatic carbocycles. The Morgan fingerprint density at radius 1 is 1.47 bits per heavy atom. The topological polar surface area (TPSA) is 65.0 Å². The Morgan fingerprint density at radius 2 is 2.07 bits per heavy atom. The number of esters is 1. The van der Waals surface area contributed by atoms with Crippen LogP contribution in [0, 0.1) is 10.8 Å². The molecule has 0 spiro atoms. The highest BCUT2D eigenvalue weighted by atomic mass is 16.6. The third-order valence-corrected chi connectivity index (χ3v) is 2.32. The van der Waals surface area contributed by atoms with Gasteiger partial charge in [-0.1, -0.05) is 13.8 Å². The Labute approximate surface area is 89.1 Å². The van der Waals surface area contributed by atoms with Gasteiger partial charge >= 0.3 is 5.97 Å². The van der Waals surface area contributed by atoms with E-state index in [9.17, 15) is 9.70 Å². The summed E-state index contributed by atoms with van der Waals surface area (Å²) in [5.74, 6) is -0.132. The largest absolute Gasteiger partial charge is 0.433 e. The first-order chi connectivity index (χ1) is 7.08. The maximum absolute atomic E-state index is 11.4. The van der Waals surface area contributed by atoms with Crippen molar-refractivity contribution in [2.24, 2.45) is 11.1 Å². The third kappa shape index (κ3) is 3.58. The number of carbonyl (C=O) groups is 1. The van der Waals surface area contributed by atoms with Crippen LogP contribution >= 0.6 is 0 Å². The lowest BCUT2D eigenvalue weighted by molar-refractivity contribution is -0.169. The molecule has 5 nitrogen and oxygen atoms in total. The van der Waals surface area contributed by atoms with Gasteiger partial charge in [0.25, 0.3) is 0 Å². The molecule has 0 aromatic heterocycles. The quantitative estimate of drug-likeness (QED) is 0.530. The van der Waals surface area contributed by atoms with Gasteiger partial charge in [0.15, 0.2) is 0 Å². The molecule has 1 fully saturated rings. The average Bonchev–Trinajstić information content (AvgIpc) is 2.17. The van der Waals surface area contributed by atoms with Gasteiger partial charge in [-0.25, -0.2) is 0 Å². The number of ether oxygens (including phenoxy) is 2. The average molecular weight is 215 g/mol. The molecule has 86 valence electrons. The van der Waals surface area contributed by atoms with E-state index in [-0.39, 0.29) is 11.9 Å². The number of hydrogen-bond acceptors (Lipinski definition) is 5. The highest BCUT2D eigenvalue weighted by Crippen LogP contribution is 2.27. The summed E-state index contributed by atoms with van der Waals surface area (Å²) in [6.07, 6.45) is 1.04. The zero-order valence-electron chi connectivity index (χ0n) is 9.19. The summed E-state index contributed by atoms with van der Waals surface area (Å²) in [4.78, 5) is 22.1. The monoisotopic (exact) mass is 215 g/mol. The Balaban J connectivity index is 2.51. The van der Waals surface area contributed by atoms with Crippen molar-refractivity contribution in [1.82, 2.24) is 0 Å². The predicted molar refractivity (Wildman–Crippen MR) is 54.1 cm³/mol. The van der Waals surface area contributed by atoms with E-state index in [1.54, 1.807) is 0 Å². The number of nitroso groups, excluding NO2 is 1. The smallest absolute Gasteiger partial charge is 0.308 e. The normalized spacial score (nSPS) is 19.9. The molecule has 15 heavy (non-hydrogen) atoms. The second-order valence-corrected chi connectivity index (χ2v) is 4.22. The van der Waals surface area contributed by atoms with E-state index < -0.39 is 5.72 Å². The maximum Gasteiger partial charge on any atom is 0.308 e. The molecule has 0 bridgehead atoms. The van der Waals surface area contributed by atoms with Crippen molar-refractivity contribution < 1.29 is 14.3 Å². The Bertz CT molecular complexity index is 234. The van der Waals surface area contributed by atoms with Crippen LogP contribution in [0.1, 0.15) is 33.1 Å². The fourth-order valence-corrected chi connectivity index (χ4v) is 1.49. The van der Waals surface area contributed by atoms with Crippen molar-refractivity contribution in [3.63, 3.8) is 0 Å². The van der Waals surface area contributed by atoms with Crippen molar-refractivity contribution in [2.75, 3.05) is 13.2 Å². The van der Waals surface area contributed by atoms with Gasteiger partial charge < -0.3 is 9.47 Å². The first-order valence-electron chi connectivity index (χ1n) is 5.22. The van der Waals surface area contributed by atoms with Crippen molar-refractivity contribution in [3.05, 3.63) is 4.91 Å². The molecule has 0 atom stereocenters. The summed E-state index contributed by atoms with van der Waals surface area (Å²) in [5.41, 5.74) is -1.18. The molecule has 0 amide bonds. The van der Waals surface area contributed by atoms with Crippen molar-refractivity contribution in [3.8, 4) is 0 Å². The summed E-state index contributed by atoms with van der Waals surface area (Å²) >= 11 is 0. The van der Waals surface area contributed by atoms with E-state index in [4.69, 9.17) is 9.47 Å². The zero-order valence-corrected chi connectivity index (χ0v) is 9.19. The van der Waals surface area contributed by atoms with Gasteiger partial charge in [-0.3, -0.25) is 4.79 Å². The van der Waals surface area contributed by atoms with Crippen molar-refractivity contribution in [1.29, 1.82) is 0 Å². The van der Waals surface area contributed by atoms with Crippen LogP contribution in [0.25, 0.3) is 0 Å². The SMILES string of the molecule is CC(C)CC(=O)OC1(N=O)CCOCC1. The van der Waals surface area contributed by atoms with Crippen LogP contribution in [0.2, 0.25) is 0 Å². The van der Waals surface area contributed by atoms with Gasteiger partial charge in [-0.05, 0) is 11.1 Å². The number of carbonyl (C=O) groups excluding carboxylic acids is 1. The Kier molecular flexibility index (Phi) is 4.20. The highest BCUT2D eigenvalue weighted by Gasteiger charge is 2.38. The standard InChI is InChI=1S/C10H17NO4/c1-8(2)7-9(12)15-10(11-13)3-5-14-6-4-10/h8H,3-7H2,1-2H3. The lowest BCUT2D eigenvalue weighted by Gasteiger charge is -2.30. The van der Waals surface area contributed by atoms with Crippen LogP contribution < -0.4 is 0 Å². The van der Waals surface area contributed by atoms with Crippen molar-refractivity contribution >= 4 is 5.97 Å². The lowest BCUT2D eigenvalue weighted by atomic mass is 10.1. The van der Waals surface area contributed by atoms with Gasteiger partial charge in [0.05, 0.1) is 13.2 Å². The minimum atomic E-state index is -1.18. The molecule has 0 aromatic carbocycles. The van der Waals surface area contributed by atoms with Crippen LogP contribution in [-0.4, -0.2) is 24.9 Å². The summed E-state index contributed by atoms with van der Waals surface area (Å²) in [5, 5.41) is 2.95. The Morgan fingerprint density at radius 3 is 2.53 bits per heavy atom. The number of rotatable bonds is 4. The molecule has 0 unspecified atom stereocenters. The van der Waals surface area contributed by atoms with Gasteiger partial charge in [-0.2, -0.15) is 0 Å². The molecule has 1 aliphatic heterocycles. The van der Waals surface area contributed by atoms with E-state index in [1.165, 1.54) is 0 Å². The van der Waals surface area contributed by atoms with E-state index in [1.807, 2.05) is 13.8 Å². The molecule has 1 heterocycles. The molecular formula is C10H17NO4. The van der Waals surface area contributed by atoms with Gasteiger partial charge in [-0.15, -0.1) is 4.91 Å². The number of hydrogen-bond donors (Lipinski definition) is 0.